The molecule has 0 radical (unpaired) electrons. The predicted octanol–water partition coefficient (Wildman–Crippen LogP) is 3.33. The fourth-order valence-electron chi connectivity index (χ4n) is 5.53. The lowest BCUT2D eigenvalue weighted by molar-refractivity contribution is -0.385. The molecule has 0 spiro atoms. The first-order chi connectivity index (χ1) is 12.4. The first-order valence-electron chi connectivity index (χ1n) is 9.27. The van der Waals surface area contributed by atoms with Gasteiger partial charge in [0.05, 0.1) is 4.92 Å². The molecule has 0 heterocycles. The molecule has 138 valence electrons. The number of amides is 1. The van der Waals surface area contributed by atoms with Crippen molar-refractivity contribution in [3.8, 4) is 0 Å². The predicted molar refractivity (Wildman–Crippen MR) is 102 cm³/mol. The summed E-state index contributed by atoms with van der Waals surface area (Å²) in [4.78, 5) is 22.9. The lowest BCUT2D eigenvalue weighted by Crippen LogP contribution is -2.57. The van der Waals surface area contributed by atoms with E-state index in [0.29, 0.717) is 34.1 Å². The van der Waals surface area contributed by atoms with Gasteiger partial charge >= 0.3 is 0 Å². The van der Waals surface area contributed by atoms with E-state index in [-0.39, 0.29) is 11.6 Å². The Balaban J connectivity index is 1.38. The van der Waals surface area contributed by atoms with Crippen LogP contribution in [0, 0.1) is 40.7 Å². The van der Waals surface area contributed by atoms with Crippen LogP contribution in [0.5, 0.6) is 0 Å². The lowest BCUT2D eigenvalue weighted by atomic mass is 9.54. The van der Waals surface area contributed by atoms with Crippen LogP contribution in [0.25, 0.3) is 0 Å². The third-order valence-corrected chi connectivity index (χ3v) is 6.63. The highest BCUT2D eigenvalue weighted by atomic mass is 32.1. The van der Waals surface area contributed by atoms with Crippen molar-refractivity contribution in [2.24, 2.45) is 23.7 Å². The maximum absolute atomic E-state index is 12.4. The van der Waals surface area contributed by atoms with Gasteiger partial charge in [0.15, 0.2) is 5.11 Å². The zero-order valence-electron chi connectivity index (χ0n) is 14.7. The number of carbonyl (C=O) groups is 1. The molecule has 1 aromatic carbocycles. The fraction of sp³-hybridized carbons (Fsp3) is 0.579. The molecule has 4 aliphatic rings. The average Bonchev–Trinajstić information content (AvgIpc) is 2.57. The quantitative estimate of drug-likeness (QED) is 0.482. The Kier molecular flexibility index (Phi) is 4.42. The highest BCUT2D eigenvalue weighted by Crippen LogP contribution is 2.53. The normalized spacial score (nSPS) is 31.5. The van der Waals surface area contributed by atoms with Crippen LogP contribution in [0.15, 0.2) is 18.2 Å². The molecule has 4 aliphatic carbocycles. The van der Waals surface area contributed by atoms with Crippen molar-refractivity contribution in [3.05, 3.63) is 39.4 Å². The molecule has 1 amide bonds. The number of nitro groups is 1. The topological polar surface area (TPSA) is 84.3 Å². The van der Waals surface area contributed by atoms with Gasteiger partial charge in [0.25, 0.3) is 11.6 Å². The number of carbonyl (C=O) groups excluding carboxylic acids is 1. The van der Waals surface area contributed by atoms with Crippen LogP contribution >= 0.6 is 12.2 Å². The van der Waals surface area contributed by atoms with Gasteiger partial charge in [-0.2, -0.15) is 0 Å². The first-order valence-corrected chi connectivity index (χ1v) is 9.68. The van der Waals surface area contributed by atoms with Crippen LogP contribution in [0.3, 0.4) is 0 Å². The summed E-state index contributed by atoms with van der Waals surface area (Å²) in [6.07, 6.45) is 6.53. The maximum Gasteiger partial charge on any atom is 0.272 e. The van der Waals surface area contributed by atoms with Crippen molar-refractivity contribution in [2.75, 3.05) is 0 Å². The van der Waals surface area contributed by atoms with Crippen LogP contribution in [0.2, 0.25) is 0 Å². The summed E-state index contributed by atoms with van der Waals surface area (Å²) >= 11 is 5.38. The van der Waals surface area contributed by atoms with E-state index in [9.17, 15) is 14.9 Å². The number of thiocarbonyl (C=S) groups is 1. The highest BCUT2D eigenvalue weighted by molar-refractivity contribution is 7.80. The van der Waals surface area contributed by atoms with E-state index < -0.39 is 4.92 Å². The van der Waals surface area contributed by atoms with Crippen LogP contribution in [0.1, 0.15) is 48.0 Å². The number of hydrogen-bond acceptors (Lipinski definition) is 4. The summed E-state index contributed by atoms with van der Waals surface area (Å²) in [7, 11) is 0. The Hall–Kier alpha value is -2.02. The van der Waals surface area contributed by atoms with Gasteiger partial charge in [0.1, 0.15) is 0 Å². The molecule has 0 saturated heterocycles. The smallest absolute Gasteiger partial charge is 0.272 e. The molecule has 0 aliphatic heterocycles. The summed E-state index contributed by atoms with van der Waals surface area (Å²) in [5, 5.41) is 17.4. The van der Waals surface area contributed by atoms with Crippen molar-refractivity contribution in [1.82, 2.24) is 10.6 Å². The zero-order chi connectivity index (χ0) is 18.4. The second-order valence-electron chi connectivity index (χ2n) is 8.14. The fourth-order valence-corrected chi connectivity index (χ4v) is 5.75. The van der Waals surface area contributed by atoms with Crippen molar-refractivity contribution in [3.63, 3.8) is 0 Å². The van der Waals surface area contributed by atoms with E-state index in [2.05, 4.69) is 10.6 Å². The molecular formula is C19H23N3O3S. The molecule has 7 heteroatoms. The summed E-state index contributed by atoms with van der Waals surface area (Å²) in [6, 6.07) is 4.72. The van der Waals surface area contributed by atoms with Crippen molar-refractivity contribution < 1.29 is 9.72 Å². The average molecular weight is 373 g/mol. The largest absolute Gasteiger partial charge is 0.359 e. The Morgan fingerprint density at radius 1 is 1.15 bits per heavy atom. The van der Waals surface area contributed by atoms with E-state index in [1.807, 2.05) is 0 Å². The van der Waals surface area contributed by atoms with Gasteiger partial charge in [-0.05, 0) is 87.1 Å². The van der Waals surface area contributed by atoms with Gasteiger partial charge in [-0.25, -0.2) is 0 Å². The summed E-state index contributed by atoms with van der Waals surface area (Å²) in [6.45, 7) is 1.63. The van der Waals surface area contributed by atoms with Gasteiger partial charge < -0.3 is 5.32 Å². The lowest BCUT2D eigenvalue weighted by Gasteiger charge is -2.54. The second kappa shape index (κ2) is 6.61. The number of benzene rings is 1. The van der Waals surface area contributed by atoms with Crippen LogP contribution < -0.4 is 10.6 Å². The van der Waals surface area contributed by atoms with Crippen molar-refractivity contribution in [1.29, 1.82) is 0 Å². The van der Waals surface area contributed by atoms with E-state index in [0.717, 1.165) is 11.8 Å². The maximum atomic E-state index is 12.4. The molecule has 4 bridgehead atoms. The monoisotopic (exact) mass is 373 g/mol. The molecule has 0 aromatic heterocycles. The SMILES string of the molecule is Cc1cc(C(=O)NC(=S)NC2C3CC4CC(C3)CC2C4)ccc1[N+](=O)[O-]. The molecule has 4 fully saturated rings. The van der Waals surface area contributed by atoms with Gasteiger partial charge in [-0.15, -0.1) is 0 Å². The highest BCUT2D eigenvalue weighted by Gasteiger charge is 2.48. The third kappa shape index (κ3) is 3.20. The molecule has 1 aromatic rings. The molecule has 26 heavy (non-hydrogen) atoms. The minimum Gasteiger partial charge on any atom is -0.359 e. The minimum atomic E-state index is -0.449. The molecule has 2 N–H and O–H groups in total. The first kappa shape index (κ1) is 17.4. The number of nitrogens with one attached hydrogen (secondary N) is 2. The number of rotatable bonds is 3. The number of nitrogens with zero attached hydrogens (tertiary/aromatic N) is 1. The Morgan fingerprint density at radius 2 is 1.77 bits per heavy atom. The van der Waals surface area contributed by atoms with Gasteiger partial charge in [-0.1, -0.05) is 0 Å². The molecule has 4 saturated carbocycles. The van der Waals surface area contributed by atoms with E-state index in [1.54, 1.807) is 6.92 Å². The Morgan fingerprint density at radius 3 is 2.31 bits per heavy atom. The van der Waals surface area contributed by atoms with Gasteiger partial charge in [0.2, 0.25) is 0 Å². The summed E-state index contributed by atoms with van der Waals surface area (Å²) < 4.78 is 0. The van der Waals surface area contributed by atoms with E-state index in [4.69, 9.17) is 12.2 Å². The number of nitro benzene ring substituents is 1. The molecule has 5 rings (SSSR count). The summed E-state index contributed by atoms with van der Waals surface area (Å²) in [5.41, 5.74) is 0.848. The van der Waals surface area contributed by atoms with Crippen molar-refractivity contribution in [2.45, 2.75) is 45.1 Å². The van der Waals surface area contributed by atoms with Crippen LogP contribution in [-0.2, 0) is 0 Å². The molecule has 0 unspecified atom stereocenters. The molecular weight excluding hydrogens is 350 g/mol. The zero-order valence-corrected chi connectivity index (χ0v) is 15.6. The Labute approximate surface area is 157 Å². The van der Waals surface area contributed by atoms with Crippen LogP contribution in [-0.4, -0.2) is 22.0 Å². The van der Waals surface area contributed by atoms with Gasteiger partial charge in [-0.3, -0.25) is 20.2 Å². The molecule has 0 atom stereocenters. The van der Waals surface area contributed by atoms with E-state index >= 15 is 0 Å². The molecule has 6 nitrogen and oxygen atoms in total. The van der Waals surface area contributed by atoms with E-state index in [1.165, 1.54) is 50.3 Å². The van der Waals surface area contributed by atoms with Gasteiger partial charge in [0, 0.05) is 23.2 Å². The third-order valence-electron chi connectivity index (χ3n) is 6.41. The number of aryl methyl sites for hydroxylation is 1. The number of hydrogen-bond donors (Lipinski definition) is 2. The van der Waals surface area contributed by atoms with Crippen LogP contribution in [0.4, 0.5) is 5.69 Å². The minimum absolute atomic E-state index is 0.0100. The van der Waals surface area contributed by atoms with Crippen molar-refractivity contribution >= 4 is 28.9 Å². The second-order valence-corrected chi connectivity index (χ2v) is 8.55. The Bertz CT molecular complexity index is 751. The summed E-state index contributed by atoms with van der Waals surface area (Å²) in [5.74, 6) is 2.79. The standard InChI is InChI=1S/C19H23N3O3S/c1-10-4-13(2-3-16(10)22(24)25)18(23)21-19(26)20-17-14-6-11-5-12(8-14)9-15(17)7-11/h2-4,11-12,14-15,17H,5-9H2,1H3,(H2,20,21,23,26).